The zero-order valence-electron chi connectivity index (χ0n) is 11.8. The summed E-state index contributed by atoms with van der Waals surface area (Å²) in [5.41, 5.74) is -0.726. The van der Waals surface area contributed by atoms with Gasteiger partial charge in [0.2, 0.25) is 10.0 Å². The third-order valence-electron chi connectivity index (χ3n) is 2.84. The van der Waals surface area contributed by atoms with Crippen molar-refractivity contribution in [2.75, 3.05) is 13.1 Å². The van der Waals surface area contributed by atoms with Crippen LogP contribution >= 0.6 is 0 Å². The van der Waals surface area contributed by atoms with Gasteiger partial charge >= 0.3 is 5.97 Å². The van der Waals surface area contributed by atoms with Gasteiger partial charge in [-0.15, -0.1) is 6.42 Å². The zero-order chi connectivity index (χ0) is 16.2. The Morgan fingerprint density at radius 2 is 2.10 bits per heavy atom. The summed E-state index contributed by atoms with van der Waals surface area (Å²) in [5.74, 6) is -0.217. The highest BCUT2D eigenvalue weighted by Gasteiger charge is 2.26. The Labute approximate surface area is 123 Å². The van der Waals surface area contributed by atoms with Gasteiger partial charge in [-0.1, -0.05) is 12.8 Å². The summed E-state index contributed by atoms with van der Waals surface area (Å²) in [5, 5.41) is 8.94. The van der Waals surface area contributed by atoms with Crippen molar-refractivity contribution in [2.24, 2.45) is 0 Å². The van der Waals surface area contributed by atoms with Crippen molar-refractivity contribution in [3.8, 4) is 12.3 Å². The Balaban J connectivity index is 3.44. The van der Waals surface area contributed by atoms with Crippen LogP contribution in [0.2, 0.25) is 0 Å². The number of hydrogen-bond donors (Lipinski definition) is 1. The number of halogens is 1. The van der Waals surface area contributed by atoms with Gasteiger partial charge in [-0.3, -0.25) is 0 Å². The molecule has 0 atom stereocenters. The van der Waals surface area contributed by atoms with Gasteiger partial charge in [0.25, 0.3) is 0 Å². The van der Waals surface area contributed by atoms with Crippen LogP contribution < -0.4 is 0 Å². The van der Waals surface area contributed by atoms with Crippen LogP contribution in [-0.4, -0.2) is 36.9 Å². The third kappa shape index (κ3) is 3.60. The van der Waals surface area contributed by atoms with Crippen molar-refractivity contribution in [3.05, 3.63) is 29.1 Å². The average Bonchev–Trinajstić information content (AvgIpc) is 2.40. The molecular formula is C14H16FNO4S. The number of benzene rings is 1. The Hall–Kier alpha value is -1.91. The van der Waals surface area contributed by atoms with Crippen molar-refractivity contribution in [2.45, 2.75) is 25.2 Å². The van der Waals surface area contributed by atoms with Gasteiger partial charge in [0, 0.05) is 6.54 Å². The molecule has 0 saturated heterocycles. The molecule has 0 unspecified atom stereocenters. The lowest BCUT2D eigenvalue weighted by Gasteiger charge is -2.19. The van der Waals surface area contributed by atoms with E-state index < -0.39 is 27.4 Å². The predicted molar refractivity (Wildman–Crippen MR) is 76.0 cm³/mol. The molecule has 0 spiro atoms. The smallest absolute Gasteiger partial charge is 0.338 e. The number of carboxylic acids is 1. The third-order valence-corrected chi connectivity index (χ3v) is 4.66. The summed E-state index contributed by atoms with van der Waals surface area (Å²) in [4.78, 5) is 10.7. The largest absolute Gasteiger partial charge is 0.478 e. The summed E-state index contributed by atoms with van der Waals surface area (Å²) in [6.07, 6.45) is 5.70. The van der Waals surface area contributed by atoms with Gasteiger partial charge in [-0.25, -0.2) is 17.6 Å². The monoisotopic (exact) mass is 313 g/mol. The summed E-state index contributed by atoms with van der Waals surface area (Å²) < 4.78 is 39.7. The van der Waals surface area contributed by atoms with Crippen LogP contribution in [0, 0.1) is 25.1 Å². The second-order valence-corrected chi connectivity index (χ2v) is 6.39. The molecule has 1 aromatic rings. The van der Waals surface area contributed by atoms with E-state index in [0.717, 1.165) is 16.4 Å². The molecule has 1 N–H and O–H groups in total. The van der Waals surface area contributed by atoms with Crippen LogP contribution in [0.25, 0.3) is 0 Å². The van der Waals surface area contributed by atoms with Crippen LogP contribution in [0.1, 0.15) is 29.3 Å². The fourth-order valence-corrected chi connectivity index (χ4v) is 3.38. The van der Waals surface area contributed by atoms with Crippen molar-refractivity contribution >= 4 is 16.0 Å². The first kappa shape index (κ1) is 17.1. The minimum atomic E-state index is -3.96. The van der Waals surface area contributed by atoms with Gasteiger partial charge in [-0.2, -0.15) is 4.31 Å². The molecular weight excluding hydrogens is 297 g/mol. The molecule has 0 amide bonds. The summed E-state index contributed by atoms with van der Waals surface area (Å²) in [6, 6.07) is 1.93. The first-order valence-corrected chi connectivity index (χ1v) is 7.66. The number of carbonyl (C=O) groups is 1. The molecule has 7 heteroatoms. The van der Waals surface area contributed by atoms with Gasteiger partial charge in [0.1, 0.15) is 5.82 Å². The number of carboxylic acid groups (broad SMARTS) is 1. The summed E-state index contributed by atoms with van der Waals surface area (Å²) in [7, 11) is -3.96. The molecule has 0 bridgehead atoms. The van der Waals surface area contributed by atoms with Gasteiger partial charge in [0.05, 0.1) is 17.0 Å². The first-order valence-electron chi connectivity index (χ1n) is 6.22. The van der Waals surface area contributed by atoms with Gasteiger partial charge < -0.3 is 5.11 Å². The van der Waals surface area contributed by atoms with Crippen LogP contribution in [0.3, 0.4) is 0 Å². The number of sulfonamides is 1. The lowest BCUT2D eigenvalue weighted by atomic mass is 10.1. The minimum absolute atomic E-state index is 0.0503. The fraction of sp³-hybridized carbons (Fsp3) is 0.357. The molecule has 21 heavy (non-hydrogen) atoms. The van der Waals surface area contributed by atoms with Crippen LogP contribution in [0.15, 0.2) is 17.0 Å². The van der Waals surface area contributed by atoms with E-state index in [9.17, 15) is 17.6 Å². The zero-order valence-corrected chi connectivity index (χ0v) is 12.6. The Kier molecular flexibility index (Phi) is 5.47. The SMILES string of the molecule is C#CCN(CCC)S(=O)(=O)c1cc(C)c(F)c(C(=O)O)c1. The molecule has 0 saturated carbocycles. The Bertz CT molecular complexity index is 692. The molecule has 0 heterocycles. The molecule has 114 valence electrons. The molecule has 0 fully saturated rings. The number of aromatic carboxylic acids is 1. The number of hydrogen-bond acceptors (Lipinski definition) is 3. The second-order valence-electron chi connectivity index (χ2n) is 4.45. The standard InChI is InChI=1S/C14H16FNO4S/c1-4-6-16(7-5-2)21(19,20)11-8-10(3)13(15)12(9-11)14(17)18/h1,8-9H,5-7H2,2-3H3,(H,17,18). The maximum Gasteiger partial charge on any atom is 0.338 e. The van der Waals surface area contributed by atoms with E-state index in [1.807, 2.05) is 0 Å². The quantitative estimate of drug-likeness (QED) is 0.814. The number of rotatable bonds is 6. The lowest BCUT2D eigenvalue weighted by Crippen LogP contribution is -2.32. The van der Waals surface area contributed by atoms with Crippen molar-refractivity contribution in [1.82, 2.24) is 4.31 Å². The molecule has 0 aromatic heterocycles. The fourth-order valence-electron chi connectivity index (χ4n) is 1.83. The van der Waals surface area contributed by atoms with E-state index in [4.69, 9.17) is 11.5 Å². The minimum Gasteiger partial charge on any atom is -0.478 e. The topological polar surface area (TPSA) is 74.7 Å². The number of nitrogens with zero attached hydrogens (tertiary/aromatic N) is 1. The van der Waals surface area contributed by atoms with E-state index in [0.29, 0.717) is 6.42 Å². The predicted octanol–water partition coefficient (Wildman–Crippen LogP) is 1.87. The number of terminal acetylenes is 1. The molecule has 5 nitrogen and oxygen atoms in total. The van der Waals surface area contributed by atoms with Crippen LogP contribution in [0.5, 0.6) is 0 Å². The molecule has 0 aliphatic carbocycles. The van der Waals surface area contributed by atoms with E-state index >= 15 is 0 Å². The van der Waals surface area contributed by atoms with Gasteiger partial charge in [-0.05, 0) is 31.0 Å². The summed E-state index contributed by atoms with van der Waals surface area (Å²) in [6.45, 7) is 3.17. The van der Waals surface area contributed by atoms with Crippen molar-refractivity contribution in [1.29, 1.82) is 0 Å². The second kappa shape index (κ2) is 6.70. The molecule has 1 aromatic carbocycles. The molecule has 0 radical (unpaired) electrons. The highest BCUT2D eigenvalue weighted by molar-refractivity contribution is 7.89. The van der Waals surface area contributed by atoms with Crippen molar-refractivity contribution in [3.63, 3.8) is 0 Å². The Morgan fingerprint density at radius 3 is 2.57 bits per heavy atom. The highest BCUT2D eigenvalue weighted by atomic mass is 32.2. The van der Waals surface area contributed by atoms with Crippen LogP contribution in [-0.2, 0) is 10.0 Å². The molecule has 1 rings (SSSR count). The highest BCUT2D eigenvalue weighted by Crippen LogP contribution is 2.22. The van der Waals surface area contributed by atoms with Gasteiger partial charge in [0.15, 0.2) is 0 Å². The number of aryl methyl sites for hydroxylation is 1. The normalized spacial score (nSPS) is 11.4. The average molecular weight is 313 g/mol. The maximum absolute atomic E-state index is 13.7. The van der Waals surface area contributed by atoms with E-state index in [1.54, 1.807) is 6.92 Å². The Morgan fingerprint density at radius 1 is 1.48 bits per heavy atom. The first-order chi connectivity index (χ1) is 9.75. The lowest BCUT2D eigenvalue weighted by molar-refractivity contribution is 0.0691. The summed E-state index contributed by atoms with van der Waals surface area (Å²) >= 11 is 0. The van der Waals surface area contributed by atoms with E-state index in [-0.39, 0.29) is 23.5 Å². The van der Waals surface area contributed by atoms with Crippen molar-refractivity contribution < 1.29 is 22.7 Å². The maximum atomic E-state index is 13.7. The van der Waals surface area contributed by atoms with E-state index in [2.05, 4.69) is 5.92 Å². The molecule has 0 aliphatic rings. The molecule has 0 aliphatic heterocycles. The van der Waals surface area contributed by atoms with E-state index in [1.165, 1.54) is 6.92 Å². The van der Waals surface area contributed by atoms with Crippen LogP contribution in [0.4, 0.5) is 4.39 Å².